The molecule has 1 aromatic rings. The van der Waals surface area contributed by atoms with Gasteiger partial charge in [0.1, 0.15) is 0 Å². The number of nitrogens with zero attached hydrogens (tertiary/aromatic N) is 1. The molecule has 84 valence electrons. The molecule has 1 aromatic carbocycles. The molecule has 0 unspecified atom stereocenters. The average Bonchev–Trinajstić information content (AvgIpc) is 2.11. The molecule has 0 heterocycles. The second-order valence-electron chi connectivity index (χ2n) is 4.49. The number of rotatable bonds is 2. The molecule has 1 rings (SSSR count). The molecule has 0 spiro atoms. The van der Waals surface area contributed by atoms with Gasteiger partial charge in [-0.2, -0.15) is 0 Å². The standard InChI is InChI=1S/C12H17Cl2N/c1-5-15(12(2,3)4)10-8-6-7-9(13)11(10)14/h6-8H,5H2,1-4H3. The summed E-state index contributed by atoms with van der Waals surface area (Å²) in [7, 11) is 0. The van der Waals surface area contributed by atoms with Gasteiger partial charge in [-0.05, 0) is 39.8 Å². The lowest BCUT2D eigenvalue weighted by Crippen LogP contribution is -2.41. The predicted molar refractivity (Wildman–Crippen MR) is 69.2 cm³/mol. The summed E-state index contributed by atoms with van der Waals surface area (Å²) in [5, 5.41) is 1.24. The molecule has 0 amide bonds. The number of hydrogen-bond donors (Lipinski definition) is 0. The summed E-state index contributed by atoms with van der Waals surface area (Å²) < 4.78 is 0. The van der Waals surface area contributed by atoms with Gasteiger partial charge in [0.05, 0.1) is 15.7 Å². The molecule has 3 heteroatoms. The fourth-order valence-electron chi connectivity index (χ4n) is 1.71. The Balaban J connectivity index is 3.19. The maximum absolute atomic E-state index is 6.20. The normalized spacial score (nSPS) is 11.6. The highest BCUT2D eigenvalue weighted by Gasteiger charge is 2.22. The topological polar surface area (TPSA) is 3.24 Å². The Morgan fingerprint density at radius 2 is 1.80 bits per heavy atom. The van der Waals surface area contributed by atoms with Gasteiger partial charge in [-0.1, -0.05) is 29.3 Å². The van der Waals surface area contributed by atoms with E-state index in [4.69, 9.17) is 23.2 Å². The summed E-state index contributed by atoms with van der Waals surface area (Å²) in [5.74, 6) is 0. The predicted octanol–water partition coefficient (Wildman–Crippen LogP) is 4.62. The number of hydrogen-bond acceptors (Lipinski definition) is 1. The van der Waals surface area contributed by atoms with Crippen molar-refractivity contribution in [3.05, 3.63) is 28.2 Å². The Kier molecular flexibility index (Phi) is 3.91. The van der Waals surface area contributed by atoms with E-state index in [0.29, 0.717) is 10.0 Å². The Morgan fingerprint density at radius 1 is 1.20 bits per heavy atom. The van der Waals surface area contributed by atoms with E-state index in [-0.39, 0.29) is 5.54 Å². The van der Waals surface area contributed by atoms with E-state index in [1.165, 1.54) is 0 Å². The SMILES string of the molecule is CCN(c1cccc(Cl)c1Cl)C(C)(C)C. The minimum Gasteiger partial charge on any atom is -0.366 e. The van der Waals surface area contributed by atoms with Crippen molar-refractivity contribution in [2.75, 3.05) is 11.4 Å². The molecule has 0 aliphatic rings. The summed E-state index contributed by atoms with van der Waals surface area (Å²) in [6, 6.07) is 5.74. The van der Waals surface area contributed by atoms with Crippen molar-refractivity contribution in [3.63, 3.8) is 0 Å². The third-order valence-corrected chi connectivity index (χ3v) is 3.16. The quantitative estimate of drug-likeness (QED) is 0.736. The van der Waals surface area contributed by atoms with Gasteiger partial charge < -0.3 is 4.90 Å². The van der Waals surface area contributed by atoms with Crippen LogP contribution in [0.15, 0.2) is 18.2 Å². The number of halogens is 2. The van der Waals surface area contributed by atoms with Crippen molar-refractivity contribution in [1.82, 2.24) is 0 Å². The van der Waals surface area contributed by atoms with E-state index in [1.54, 1.807) is 0 Å². The summed E-state index contributed by atoms with van der Waals surface area (Å²) in [6.45, 7) is 9.50. The van der Waals surface area contributed by atoms with Crippen LogP contribution in [0.3, 0.4) is 0 Å². The van der Waals surface area contributed by atoms with Crippen LogP contribution in [0, 0.1) is 0 Å². The van der Waals surface area contributed by atoms with Gasteiger partial charge in [-0.25, -0.2) is 0 Å². The van der Waals surface area contributed by atoms with Crippen molar-refractivity contribution in [1.29, 1.82) is 0 Å². The molecule has 15 heavy (non-hydrogen) atoms. The first-order chi connectivity index (χ1) is 6.88. The average molecular weight is 246 g/mol. The van der Waals surface area contributed by atoms with Crippen molar-refractivity contribution < 1.29 is 0 Å². The molecular formula is C12H17Cl2N. The molecule has 0 aromatic heterocycles. The smallest absolute Gasteiger partial charge is 0.0825 e. The fraction of sp³-hybridized carbons (Fsp3) is 0.500. The zero-order chi connectivity index (χ0) is 11.6. The summed E-state index contributed by atoms with van der Waals surface area (Å²) in [6.07, 6.45) is 0. The fourth-order valence-corrected chi connectivity index (χ4v) is 2.10. The van der Waals surface area contributed by atoms with Crippen molar-refractivity contribution >= 4 is 28.9 Å². The molecular weight excluding hydrogens is 229 g/mol. The van der Waals surface area contributed by atoms with E-state index >= 15 is 0 Å². The summed E-state index contributed by atoms with van der Waals surface area (Å²) in [4.78, 5) is 2.24. The second-order valence-corrected chi connectivity index (χ2v) is 5.27. The highest BCUT2D eigenvalue weighted by Crippen LogP contribution is 2.35. The zero-order valence-corrected chi connectivity index (χ0v) is 11.2. The van der Waals surface area contributed by atoms with Gasteiger partial charge in [-0.15, -0.1) is 0 Å². The molecule has 0 atom stereocenters. The minimum absolute atomic E-state index is 0.0447. The molecule has 0 aliphatic carbocycles. The Morgan fingerprint density at radius 3 is 2.27 bits per heavy atom. The van der Waals surface area contributed by atoms with Gasteiger partial charge in [0, 0.05) is 12.1 Å². The zero-order valence-electron chi connectivity index (χ0n) is 9.64. The van der Waals surface area contributed by atoms with Gasteiger partial charge in [-0.3, -0.25) is 0 Å². The van der Waals surface area contributed by atoms with E-state index < -0.39 is 0 Å². The van der Waals surface area contributed by atoms with E-state index in [9.17, 15) is 0 Å². The van der Waals surface area contributed by atoms with Crippen LogP contribution in [0.2, 0.25) is 10.0 Å². The third-order valence-electron chi connectivity index (χ3n) is 2.35. The Bertz CT molecular complexity index is 342. The van der Waals surface area contributed by atoms with Gasteiger partial charge in [0.2, 0.25) is 0 Å². The van der Waals surface area contributed by atoms with Crippen molar-refractivity contribution in [3.8, 4) is 0 Å². The van der Waals surface area contributed by atoms with Gasteiger partial charge >= 0.3 is 0 Å². The lowest BCUT2D eigenvalue weighted by atomic mass is 10.0. The maximum atomic E-state index is 6.20. The third kappa shape index (κ3) is 2.79. The highest BCUT2D eigenvalue weighted by atomic mass is 35.5. The highest BCUT2D eigenvalue weighted by molar-refractivity contribution is 6.43. The van der Waals surface area contributed by atoms with Crippen LogP contribution in [-0.2, 0) is 0 Å². The van der Waals surface area contributed by atoms with Crippen LogP contribution in [0.5, 0.6) is 0 Å². The molecule has 0 saturated heterocycles. The first kappa shape index (κ1) is 12.7. The monoisotopic (exact) mass is 245 g/mol. The Labute approximate surface area is 102 Å². The van der Waals surface area contributed by atoms with Gasteiger partial charge in [0.15, 0.2) is 0 Å². The van der Waals surface area contributed by atoms with Crippen LogP contribution in [0.4, 0.5) is 5.69 Å². The maximum Gasteiger partial charge on any atom is 0.0825 e. The van der Waals surface area contributed by atoms with E-state index in [2.05, 4.69) is 32.6 Å². The number of anilines is 1. The molecule has 0 saturated carbocycles. The van der Waals surface area contributed by atoms with Crippen LogP contribution in [0.25, 0.3) is 0 Å². The molecule has 1 nitrogen and oxygen atoms in total. The Hall–Kier alpha value is -0.400. The summed E-state index contributed by atoms with van der Waals surface area (Å²) in [5.41, 5.74) is 1.04. The summed E-state index contributed by atoms with van der Waals surface area (Å²) >= 11 is 12.2. The van der Waals surface area contributed by atoms with Crippen LogP contribution in [-0.4, -0.2) is 12.1 Å². The first-order valence-corrected chi connectivity index (χ1v) is 5.85. The second kappa shape index (κ2) is 4.63. The van der Waals surface area contributed by atoms with Crippen LogP contribution >= 0.6 is 23.2 Å². The molecule has 0 fully saturated rings. The molecule has 0 N–H and O–H groups in total. The van der Waals surface area contributed by atoms with E-state index in [0.717, 1.165) is 12.2 Å². The largest absolute Gasteiger partial charge is 0.366 e. The van der Waals surface area contributed by atoms with Gasteiger partial charge in [0.25, 0.3) is 0 Å². The van der Waals surface area contributed by atoms with Crippen molar-refractivity contribution in [2.24, 2.45) is 0 Å². The van der Waals surface area contributed by atoms with E-state index in [1.807, 2.05) is 18.2 Å². The first-order valence-electron chi connectivity index (χ1n) is 5.09. The number of benzene rings is 1. The van der Waals surface area contributed by atoms with Crippen LogP contribution in [0.1, 0.15) is 27.7 Å². The molecule has 0 aliphatic heterocycles. The minimum atomic E-state index is 0.0447. The molecule has 0 radical (unpaired) electrons. The van der Waals surface area contributed by atoms with Crippen molar-refractivity contribution in [2.45, 2.75) is 33.2 Å². The molecule has 0 bridgehead atoms. The lowest BCUT2D eigenvalue weighted by Gasteiger charge is -2.37. The van der Waals surface area contributed by atoms with Crippen LogP contribution < -0.4 is 4.90 Å². The lowest BCUT2D eigenvalue weighted by molar-refractivity contribution is 0.513.